The molecule has 6 heteroatoms. The molecule has 0 bridgehead atoms. The van der Waals surface area contributed by atoms with Gasteiger partial charge in [-0.15, -0.1) is 0 Å². The van der Waals surface area contributed by atoms with Crippen molar-refractivity contribution in [3.63, 3.8) is 0 Å². The SMILES string of the molecule is COc1cnc(C)c(F)c1-c1cc(C)ncc1C(=O)O. The molecular formula is C14H13FN2O3. The summed E-state index contributed by atoms with van der Waals surface area (Å²) in [6.45, 7) is 3.21. The lowest BCUT2D eigenvalue weighted by molar-refractivity contribution is 0.0697. The van der Waals surface area contributed by atoms with Crippen molar-refractivity contribution >= 4 is 5.97 Å². The second kappa shape index (κ2) is 5.24. The van der Waals surface area contributed by atoms with Crippen molar-refractivity contribution < 1.29 is 19.0 Å². The van der Waals surface area contributed by atoms with Crippen molar-refractivity contribution in [3.8, 4) is 16.9 Å². The number of aryl methyl sites for hydroxylation is 2. The summed E-state index contributed by atoms with van der Waals surface area (Å²) in [4.78, 5) is 19.1. The van der Waals surface area contributed by atoms with Gasteiger partial charge in [0.05, 0.1) is 30.1 Å². The van der Waals surface area contributed by atoms with E-state index in [0.717, 1.165) is 0 Å². The smallest absolute Gasteiger partial charge is 0.337 e. The molecule has 0 saturated heterocycles. The van der Waals surface area contributed by atoms with Crippen molar-refractivity contribution in [3.05, 3.63) is 41.2 Å². The topological polar surface area (TPSA) is 72.3 Å². The lowest BCUT2D eigenvalue weighted by atomic mass is 9.99. The zero-order valence-electron chi connectivity index (χ0n) is 11.3. The van der Waals surface area contributed by atoms with Crippen LogP contribution < -0.4 is 4.74 Å². The molecule has 2 rings (SSSR count). The van der Waals surface area contributed by atoms with Gasteiger partial charge in [-0.05, 0) is 19.9 Å². The van der Waals surface area contributed by atoms with Crippen molar-refractivity contribution in [1.29, 1.82) is 0 Å². The van der Waals surface area contributed by atoms with Gasteiger partial charge in [-0.3, -0.25) is 9.97 Å². The van der Waals surface area contributed by atoms with Gasteiger partial charge in [0.15, 0.2) is 5.82 Å². The van der Waals surface area contributed by atoms with Gasteiger partial charge in [-0.1, -0.05) is 0 Å². The van der Waals surface area contributed by atoms with Gasteiger partial charge in [0.2, 0.25) is 0 Å². The molecule has 1 N–H and O–H groups in total. The Bertz CT molecular complexity index is 686. The fourth-order valence-corrected chi connectivity index (χ4v) is 1.91. The van der Waals surface area contributed by atoms with Gasteiger partial charge < -0.3 is 9.84 Å². The number of rotatable bonds is 3. The molecule has 5 nitrogen and oxygen atoms in total. The number of pyridine rings is 2. The first kappa shape index (κ1) is 13.9. The van der Waals surface area contributed by atoms with Crippen LogP contribution in [-0.2, 0) is 0 Å². The number of ether oxygens (including phenoxy) is 1. The summed E-state index contributed by atoms with van der Waals surface area (Å²) in [6, 6.07) is 1.52. The average molecular weight is 276 g/mol. The highest BCUT2D eigenvalue weighted by molar-refractivity contribution is 5.96. The second-order valence-corrected chi connectivity index (χ2v) is 4.28. The normalized spacial score (nSPS) is 10.4. The Balaban J connectivity index is 2.83. The molecule has 0 unspecified atom stereocenters. The fourth-order valence-electron chi connectivity index (χ4n) is 1.91. The third kappa shape index (κ3) is 2.32. The molecule has 0 aliphatic rings. The fraction of sp³-hybridized carbons (Fsp3) is 0.214. The quantitative estimate of drug-likeness (QED) is 0.932. The molecule has 0 radical (unpaired) electrons. The van der Waals surface area contributed by atoms with E-state index in [9.17, 15) is 14.3 Å². The Morgan fingerprint density at radius 2 is 2.00 bits per heavy atom. The van der Waals surface area contributed by atoms with Crippen LogP contribution in [0.25, 0.3) is 11.1 Å². The number of nitrogens with zero attached hydrogens (tertiary/aromatic N) is 2. The Kier molecular flexibility index (Phi) is 3.65. The van der Waals surface area contributed by atoms with Gasteiger partial charge in [0.25, 0.3) is 0 Å². The van der Waals surface area contributed by atoms with Crippen molar-refractivity contribution in [2.24, 2.45) is 0 Å². The van der Waals surface area contributed by atoms with E-state index in [1.165, 1.54) is 32.5 Å². The monoisotopic (exact) mass is 276 g/mol. The number of aromatic carboxylic acids is 1. The molecule has 0 fully saturated rings. The average Bonchev–Trinajstić information content (AvgIpc) is 2.41. The highest BCUT2D eigenvalue weighted by atomic mass is 19.1. The van der Waals surface area contributed by atoms with Gasteiger partial charge in [-0.25, -0.2) is 9.18 Å². The number of halogens is 1. The number of carboxylic acids is 1. The molecule has 104 valence electrons. The van der Waals surface area contributed by atoms with E-state index >= 15 is 0 Å². The minimum absolute atomic E-state index is 0.0848. The van der Waals surface area contributed by atoms with E-state index < -0.39 is 11.8 Å². The first-order chi connectivity index (χ1) is 9.45. The number of carbonyl (C=O) groups is 1. The zero-order valence-corrected chi connectivity index (χ0v) is 11.3. The molecule has 0 spiro atoms. The summed E-state index contributed by atoms with van der Waals surface area (Å²) < 4.78 is 19.4. The van der Waals surface area contributed by atoms with E-state index in [1.807, 2.05) is 0 Å². The van der Waals surface area contributed by atoms with Crippen LogP contribution in [0, 0.1) is 19.7 Å². The number of methoxy groups -OCH3 is 1. The molecule has 0 atom stereocenters. The first-order valence-corrected chi connectivity index (χ1v) is 5.85. The molecule has 2 aromatic rings. The summed E-state index contributed by atoms with van der Waals surface area (Å²) in [5.41, 5.74) is 0.985. The molecular weight excluding hydrogens is 263 g/mol. The molecule has 0 aromatic carbocycles. The number of hydrogen-bond donors (Lipinski definition) is 1. The molecule has 0 aliphatic heterocycles. The lowest BCUT2D eigenvalue weighted by Crippen LogP contribution is -2.05. The molecule has 2 aromatic heterocycles. The third-order valence-electron chi connectivity index (χ3n) is 2.92. The van der Waals surface area contributed by atoms with Crippen molar-refractivity contribution in [1.82, 2.24) is 9.97 Å². The summed E-state index contributed by atoms with van der Waals surface area (Å²) >= 11 is 0. The standard InChI is InChI=1S/C14H13FN2O3/c1-7-4-9(10(5-16-7)14(18)19)12-11(20-3)6-17-8(2)13(12)15/h4-6H,1-3H3,(H,18,19). The van der Waals surface area contributed by atoms with Crippen molar-refractivity contribution in [2.45, 2.75) is 13.8 Å². The van der Waals surface area contributed by atoms with Gasteiger partial charge in [0.1, 0.15) is 5.75 Å². The zero-order chi connectivity index (χ0) is 14.9. The highest BCUT2D eigenvalue weighted by Gasteiger charge is 2.21. The predicted octanol–water partition coefficient (Wildman–Crippen LogP) is 2.61. The van der Waals surface area contributed by atoms with Gasteiger partial charge in [-0.2, -0.15) is 0 Å². The summed E-state index contributed by atoms with van der Waals surface area (Å²) in [5.74, 6) is -1.60. The number of hydrogen-bond acceptors (Lipinski definition) is 4. The van der Waals surface area contributed by atoms with Crippen molar-refractivity contribution in [2.75, 3.05) is 7.11 Å². The van der Waals surface area contributed by atoms with E-state index in [-0.39, 0.29) is 28.1 Å². The van der Waals surface area contributed by atoms with E-state index in [2.05, 4.69) is 9.97 Å². The van der Waals surface area contributed by atoms with Crippen LogP contribution in [0.15, 0.2) is 18.5 Å². The lowest BCUT2D eigenvalue weighted by Gasteiger charge is -2.13. The maximum absolute atomic E-state index is 14.4. The molecule has 20 heavy (non-hydrogen) atoms. The van der Waals surface area contributed by atoms with Crippen LogP contribution in [-0.4, -0.2) is 28.2 Å². The minimum Gasteiger partial charge on any atom is -0.494 e. The predicted molar refractivity (Wildman–Crippen MR) is 70.4 cm³/mol. The molecule has 2 heterocycles. The maximum Gasteiger partial charge on any atom is 0.337 e. The Morgan fingerprint density at radius 3 is 2.60 bits per heavy atom. The maximum atomic E-state index is 14.4. The summed E-state index contributed by atoms with van der Waals surface area (Å²) in [5, 5.41) is 9.22. The molecule has 0 saturated carbocycles. The first-order valence-electron chi connectivity index (χ1n) is 5.85. The van der Waals surface area contributed by atoms with Gasteiger partial charge in [0, 0.05) is 17.5 Å². The van der Waals surface area contributed by atoms with Crippen LogP contribution >= 0.6 is 0 Å². The van der Waals surface area contributed by atoms with E-state index in [0.29, 0.717) is 5.69 Å². The van der Waals surface area contributed by atoms with Crippen LogP contribution in [0.3, 0.4) is 0 Å². The largest absolute Gasteiger partial charge is 0.494 e. The van der Waals surface area contributed by atoms with Crippen LogP contribution in [0.2, 0.25) is 0 Å². The Hall–Kier alpha value is -2.50. The molecule has 0 aliphatic carbocycles. The van der Waals surface area contributed by atoms with Crippen LogP contribution in [0.1, 0.15) is 21.7 Å². The van der Waals surface area contributed by atoms with Gasteiger partial charge >= 0.3 is 5.97 Å². The van der Waals surface area contributed by atoms with E-state index in [4.69, 9.17) is 4.74 Å². The second-order valence-electron chi connectivity index (χ2n) is 4.28. The summed E-state index contributed by atoms with van der Waals surface area (Å²) in [7, 11) is 1.38. The summed E-state index contributed by atoms with van der Waals surface area (Å²) in [6.07, 6.45) is 2.58. The Labute approximate surface area is 115 Å². The highest BCUT2D eigenvalue weighted by Crippen LogP contribution is 2.35. The number of carboxylic acid groups (broad SMARTS) is 1. The number of aromatic nitrogens is 2. The minimum atomic E-state index is -1.18. The Morgan fingerprint density at radius 1 is 1.30 bits per heavy atom. The van der Waals surface area contributed by atoms with E-state index in [1.54, 1.807) is 6.92 Å². The third-order valence-corrected chi connectivity index (χ3v) is 2.92. The van der Waals surface area contributed by atoms with Crippen LogP contribution in [0.4, 0.5) is 4.39 Å². The van der Waals surface area contributed by atoms with Crippen LogP contribution in [0.5, 0.6) is 5.75 Å². The molecule has 0 amide bonds.